The fourth-order valence-electron chi connectivity index (χ4n) is 1.59. The van der Waals surface area contributed by atoms with E-state index in [0.717, 1.165) is 18.7 Å². The maximum atomic E-state index is 5.00. The van der Waals surface area contributed by atoms with Gasteiger partial charge in [-0.05, 0) is 12.1 Å². The first-order chi connectivity index (χ1) is 8.29. The molecule has 0 aromatic carbocycles. The van der Waals surface area contributed by atoms with E-state index in [0.29, 0.717) is 5.88 Å². The normalized spacial score (nSPS) is 10.2. The molecule has 0 fully saturated rings. The van der Waals surface area contributed by atoms with Gasteiger partial charge in [-0.2, -0.15) is 5.10 Å². The molecule has 0 radical (unpaired) electrons. The van der Waals surface area contributed by atoms with Gasteiger partial charge in [0, 0.05) is 38.0 Å². The van der Waals surface area contributed by atoms with E-state index in [1.807, 2.05) is 36.1 Å². The molecule has 0 saturated carbocycles. The Bertz CT molecular complexity index is 464. The van der Waals surface area contributed by atoms with Gasteiger partial charge < -0.3 is 10.1 Å². The van der Waals surface area contributed by atoms with Crippen molar-refractivity contribution in [3.63, 3.8) is 0 Å². The third-order valence-electron chi connectivity index (χ3n) is 2.58. The molecule has 0 bridgehead atoms. The molecular weight excluding hydrogens is 216 g/mol. The quantitative estimate of drug-likeness (QED) is 0.848. The maximum absolute atomic E-state index is 5.00. The lowest BCUT2D eigenvalue weighted by molar-refractivity contribution is 0.398. The molecule has 5 nitrogen and oxygen atoms in total. The van der Waals surface area contributed by atoms with Gasteiger partial charge in [-0.25, -0.2) is 4.98 Å². The minimum absolute atomic E-state index is 0.627. The van der Waals surface area contributed by atoms with Gasteiger partial charge in [-0.15, -0.1) is 0 Å². The topological polar surface area (TPSA) is 52.0 Å². The molecule has 5 heteroatoms. The van der Waals surface area contributed by atoms with E-state index in [-0.39, 0.29) is 0 Å². The summed E-state index contributed by atoms with van der Waals surface area (Å²) in [7, 11) is 3.56. The summed E-state index contributed by atoms with van der Waals surface area (Å²) in [6, 6.07) is 5.81. The van der Waals surface area contributed by atoms with Gasteiger partial charge in [-0.1, -0.05) is 0 Å². The minimum Gasteiger partial charge on any atom is -0.481 e. The van der Waals surface area contributed by atoms with Crippen molar-refractivity contribution in [3.05, 3.63) is 36.3 Å². The molecule has 2 heterocycles. The molecule has 0 atom stereocenters. The van der Waals surface area contributed by atoms with Crippen molar-refractivity contribution >= 4 is 5.69 Å². The Morgan fingerprint density at radius 1 is 1.35 bits per heavy atom. The third kappa shape index (κ3) is 2.96. The van der Waals surface area contributed by atoms with Crippen molar-refractivity contribution in [1.82, 2.24) is 14.8 Å². The Kier molecular flexibility index (Phi) is 3.59. The lowest BCUT2D eigenvalue weighted by Gasteiger charge is -2.06. The van der Waals surface area contributed by atoms with E-state index in [1.165, 1.54) is 5.69 Å². The number of ether oxygens (including phenoxy) is 1. The van der Waals surface area contributed by atoms with Crippen LogP contribution >= 0.6 is 0 Å². The molecule has 0 spiro atoms. The number of nitrogens with zero attached hydrogens (tertiary/aromatic N) is 3. The number of hydrogen-bond acceptors (Lipinski definition) is 4. The number of hydrogen-bond donors (Lipinski definition) is 1. The van der Waals surface area contributed by atoms with Gasteiger partial charge in [0.1, 0.15) is 0 Å². The monoisotopic (exact) mass is 232 g/mol. The van der Waals surface area contributed by atoms with Gasteiger partial charge in [-0.3, -0.25) is 4.68 Å². The third-order valence-corrected chi connectivity index (χ3v) is 2.58. The van der Waals surface area contributed by atoms with Crippen LogP contribution in [0.4, 0.5) is 5.69 Å². The highest BCUT2D eigenvalue weighted by atomic mass is 16.5. The fraction of sp³-hybridized carbons (Fsp3) is 0.333. The van der Waals surface area contributed by atoms with Crippen LogP contribution in [0.2, 0.25) is 0 Å². The molecule has 0 amide bonds. The van der Waals surface area contributed by atoms with Gasteiger partial charge in [0.2, 0.25) is 5.88 Å². The van der Waals surface area contributed by atoms with Gasteiger partial charge in [0.15, 0.2) is 0 Å². The van der Waals surface area contributed by atoms with E-state index in [1.54, 1.807) is 13.3 Å². The molecule has 1 N–H and O–H groups in total. The fourth-order valence-corrected chi connectivity index (χ4v) is 1.59. The Hall–Kier alpha value is -2.04. The highest BCUT2D eigenvalue weighted by Crippen LogP contribution is 2.10. The van der Waals surface area contributed by atoms with Crippen LogP contribution in [0.15, 0.2) is 30.6 Å². The standard InChI is InChI=1S/C12H16N4O/c1-16-11(6-8-15-16)5-7-13-10-3-4-12(17-2)14-9-10/h3-4,6,8-9,13H,5,7H2,1-2H3. The van der Waals surface area contributed by atoms with Crippen molar-refractivity contribution in [1.29, 1.82) is 0 Å². The zero-order valence-electron chi connectivity index (χ0n) is 10.1. The van der Waals surface area contributed by atoms with Crippen LogP contribution in [0.25, 0.3) is 0 Å². The Labute approximate surface area is 100 Å². The summed E-state index contributed by atoms with van der Waals surface area (Å²) in [4.78, 5) is 4.13. The van der Waals surface area contributed by atoms with Crippen molar-refractivity contribution in [3.8, 4) is 5.88 Å². The van der Waals surface area contributed by atoms with Crippen LogP contribution in [-0.2, 0) is 13.5 Å². The molecule has 2 rings (SSSR count). The summed E-state index contributed by atoms with van der Waals surface area (Å²) in [5.41, 5.74) is 2.20. The van der Waals surface area contributed by atoms with Crippen LogP contribution in [0, 0.1) is 0 Å². The SMILES string of the molecule is COc1ccc(NCCc2ccnn2C)cn1. The largest absolute Gasteiger partial charge is 0.481 e. The number of anilines is 1. The molecular formula is C12H16N4O. The second kappa shape index (κ2) is 5.34. The summed E-state index contributed by atoms with van der Waals surface area (Å²) in [6.07, 6.45) is 4.51. The molecule has 0 aliphatic heterocycles. The first-order valence-electron chi connectivity index (χ1n) is 5.50. The number of aromatic nitrogens is 3. The maximum Gasteiger partial charge on any atom is 0.213 e. The van der Waals surface area contributed by atoms with Crippen molar-refractivity contribution < 1.29 is 4.74 Å². The van der Waals surface area contributed by atoms with Gasteiger partial charge in [0.25, 0.3) is 0 Å². The predicted molar refractivity (Wildman–Crippen MR) is 66.2 cm³/mol. The van der Waals surface area contributed by atoms with E-state index >= 15 is 0 Å². The Balaban J connectivity index is 1.83. The first kappa shape index (κ1) is 11.4. The summed E-state index contributed by atoms with van der Waals surface area (Å²) in [5, 5.41) is 7.43. The van der Waals surface area contributed by atoms with Crippen molar-refractivity contribution in [2.24, 2.45) is 7.05 Å². The van der Waals surface area contributed by atoms with Crippen molar-refractivity contribution in [2.45, 2.75) is 6.42 Å². The molecule has 0 unspecified atom stereocenters. The molecule has 0 aliphatic rings. The van der Waals surface area contributed by atoms with Gasteiger partial charge in [0.05, 0.1) is 19.0 Å². The van der Waals surface area contributed by atoms with Crippen LogP contribution in [0.5, 0.6) is 5.88 Å². The molecule has 0 aliphatic carbocycles. The van der Waals surface area contributed by atoms with E-state index in [4.69, 9.17) is 4.74 Å². The smallest absolute Gasteiger partial charge is 0.213 e. The van der Waals surface area contributed by atoms with E-state index in [9.17, 15) is 0 Å². The van der Waals surface area contributed by atoms with Crippen LogP contribution in [0.1, 0.15) is 5.69 Å². The van der Waals surface area contributed by atoms with E-state index in [2.05, 4.69) is 15.4 Å². The lowest BCUT2D eigenvalue weighted by atomic mass is 10.3. The minimum atomic E-state index is 0.627. The molecule has 90 valence electrons. The zero-order chi connectivity index (χ0) is 12.1. The molecule has 17 heavy (non-hydrogen) atoms. The second-order valence-corrected chi connectivity index (χ2v) is 3.71. The second-order valence-electron chi connectivity index (χ2n) is 3.71. The molecule has 2 aromatic rings. The van der Waals surface area contributed by atoms with Gasteiger partial charge >= 0.3 is 0 Å². The van der Waals surface area contributed by atoms with Crippen LogP contribution in [-0.4, -0.2) is 28.4 Å². The Morgan fingerprint density at radius 3 is 2.82 bits per heavy atom. The molecule has 0 saturated heterocycles. The predicted octanol–water partition coefficient (Wildman–Crippen LogP) is 1.48. The molecule has 2 aromatic heterocycles. The number of methoxy groups -OCH3 is 1. The number of aryl methyl sites for hydroxylation is 1. The Morgan fingerprint density at radius 2 is 2.24 bits per heavy atom. The summed E-state index contributed by atoms with van der Waals surface area (Å²) < 4.78 is 6.88. The number of pyridine rings is 1. The van der Waals surface area contributed by atoms with Crippen molar-refractivity contribution in [2.75, 3.05) is 19.0 Å². The highest BCUT2D eigenvalue weighted by molar-refractivity contribution is 5.42. The average molecular weight is 232 g/mol. The van der Waals surface area contributed by atoms with Crippen LogP contribution in [0.3, 0.4) is 0 Å². The number of rotatable bonds is 5. The van der Waals surface area contributed by atoms with Crippen LogP contribution < -0.4 is 10.1 Å². The lowest BCUT2D eigenvalue weighted by Crippen LogP contribution is -2.08. The zero-order valence-corrected chi connectivity index (χ0v) is 10.1. The summed E-state index contributed by atoms with van der Waals surface area (Å²) in [5.74, 6) is 0.627. The van der Waals surface area contributed by atoms with E-state index < -0.39 is 0 Å². The summed E-state index contributed by atoms with van der Waals surface area (Å²) in [6.45, 7) is 0.855. The number of nitrogens with one attached hydrogen (secondary N) is 1. The average Bonchev–Trinajstić information content (AvgIpc) is 2.76. The summed E-state index contributed by atoms with van der Waals surface area (Å²) >= 11 is 0. The first-order valence-corrected chi connectivity index (χ1v) is 5.50. The highest BCUT2D eigenvalue weighted by Gasteiger charge is 1.98.